The topological polar surface area (TPSA) is 74.7 Å². The summed E-state index contributed by atoms with van der Waals surface area (Å²) in [5.74, 6) is -1.08. The lowest BCUT2D eigenvalue weighted by molar-refractivity contribution is -0.140. The molecule has 1 aliphatic heterocycles. The first-order valence-corrected chi connectivity index (χ1v) is 8.39. The van der Waals surface area contributed by atoms with E-state index in [9.17, 15) is 13.2 Å². The second-order valence-corrected chi connectivity index (χ2v) is 8.58. The lowest BCUT2D eigenvalue weighted by Gasteiger charge is -2.20. The Morgan fingerprint density at radius 2 is 2.28 bits per heavy atom. The van der Waals surface area contributed by atoms with E-state index in [0.29, 0.717) is 17.7 Å². The van der Waals surface area contributed by atoms with Gasteiger partial charge in [0, 0.05) is 11.4 Å². The minimum absolute atomic E-state index is 0.201. The van der Waals surface area contributed by atoms with Crippen LogP contribution in [0.25, 0.3) is 0 Å². The van der Waals surface area contributed by atoms with Crippen LogP contribution in [0.3, 0.4) is 0 Å². The zero-order valence-electron chi connectivity index (χ0n) is 9.59. The van der Waals surface area contributed by atoms with Gasteiger partial charge in [-0.3, -0.25) is 4.79 Å². The number of halogens is 1. The number of nitrogens with zero attached hydrogens (tertiary/aromatic N) is 1. The van der Waals surface area contributed by atoms with Crippen LogP contribution in [-0.4, -0.2) is 36.4 Å². The summed E-state index contributed by atoms with van der Waals surface area (Å²) in [5.41, 5.74) is 0. The maximum absolute atomic E-state index is 12.4. The highest BCUT2D eigenvalue weighted by molar-refractivity contribution is 9.11. The van der Waals surface area contributed by atoms with Gasteiger partial charge in [-0.1, -0.05) is 0 Å². The normalized spacial score (nSPS) is 21.3. The van der Waals surface area contributed by atoms with Gasteiger partial charge in [0.1, 0.15) is 6.04 Å². The van der Waals surface area contributed by atoms with Gasteiger partial charge in [0.05, 0.1) is 8.68 Å². The number of aliphatic carboxylic acids is 1. The molecule has 1 fully saturated rings. The third-order valence-corrected chi connectivity index (χ3v) is 6.63. The first-order chi connectivity index (χ1) is 8.34. The molecule has 0 bridgehead atoms. The molecule has 2 heterocycles. The second kappa shape index (κ2) is 4.92. The summed E-state index contributed by atoms with van der Waals surface area (Å²) in [5, 5.41) is 9.06. The monoisotopic (exact) mass is 353 g/mol. The van der Waals surface area contributed by atoms with Crippen molar-refractivity contribution in [3.8, 4) is 0 Å². The van der Waals surface area contributed by atoms with E-state index in [1.54, 1.807) is 6.92 Å². The van der Waals surface area contributed by atoms with Gasteiger partial charge in [0.25, 0.3) is 0 Å². The van der Waals surface area contributed by atoms with Gasteiger partial charge in [-0.2, -0.15) is 4.31 Å². The maximum atomic E-state index is 12.4. The number of carboxylic acid groups (broad SMARTS) is 1. The van der Waals surface area contributed by atoms with Crippen molar-refractivity contribution in [1.29, 1.82) is 0 Å². The highest BCUT2D eigenvalue weighted by Gasteiger charge is 2.40. The quantitative estimate of drug-likeness (QED) is 0.902. The third kappa shape index (κ3) is 2.34. The molecule has 0 aliphatic carbocycles. The zero-order valence-corrected chi connectivity index (χ0v) is 12.8. The van der Waals surface area contributed by atoms with Gasteiger partial charge in [0.2, 0.25) is 10.0 Å². The number of sulfonamides is 1. The molecule has 5 nitrogen and oxygen atoms in total. The smallest absolute Gasteiger partial charge is 0.322 e. The molecule has 1 atom stereocenters. The van der Waals surface area contributed by atoms with E-state index in [0.717, 1.165) is 8.09 Å². The lowest BCUT2D eigenvalue weighted by Crippen LogP contribution is -2.40. The lowest BCUT2D eigenvalue weighted by atomic mass is 10.2. The Kier molecular flexibility index (Phi) is 3.82. The number of hydrogen-bond donors (Lipinski definition) is 1. The Labute approximate surface area is 118 Å². The fourth-order valence-corrected chi connectivity index (χ4v) is 6.12. The van der Waals surface area contributed by atoms with Crippen LogP contribution in [0.1, 0.15) is 17.7 Å². The number of aryl methyl sites for hydroxylation is 1. The average molecular weight is 354 g/mol. The maximum Gasteiger partial charge on any atom is 0.322 e. The number of carbonyl (C=O) groups is 1. The summed E-state index contributed by atoms with van der Waals surface area (Å²) in [6.07, 6.45) is 0.958. The molecule has 0 radical (unpaired) electrons. The standard InChI is InChI=1S/C10H12BrNO4S2/c1-6-8(5-9(11)17-6)18(15,16)12-4-2-3-7(12)10(13)14/h5,7H,2-4H2,1H3,(H,13,14)/t7-/m0/s1. The summed E-state index contributed by atoms with van der Waals surface area (Å²) in [7, 11) is -3.71. The van der Waals surface area contributed by atoms with Crippen molar-refractivity contribution in [1.82, 2.24) is 4.31 Å². The van der Waals surface area contributed by atoms with Gasteiger partial charge in [-0.25, -0.2) is 8.42 Å². The van der Waals surface area contributed by atoms with Gasteiger partial charge >= 0.3 is 5.97 Å². The van der Waals surface area contributed by atoms with Crippen LogP contribution in [0, 0.1) is 6.92 Å². The van der Waals surface area contributed by atoms with Crippen molar-refractivity contribution < 1.29 is 18.3 Å². The molecule has 100 valence electrons. The Balaban J connectivity index is 2.43. The van der Waals surface area contributed by atoms with E-state index in [4.69, 9.17) is 5.11 Å². The van der Waals surface area contributed by atoms with Crippen molar-refractivity contribution in [2.45, 2.75) is 30.7 Å². The molecule has 18 heavy (non-hydrogen) atoms. The highest BCUT2D eigenvalue weighted by atomic mass is 79.9. The van der Waals surface area contributed by atoms with E-state index in [-0.39, 0.29) is 11.4 Å². The van der Waals surface area contributed by atoms with Gasteiger partial charge in [-0.05, 0) is 41.8 Å². The van der Waals surface area contributed by atoms with Crippen LogP contribution >= 0.6 is 27.3 Å². The molecule has 1 aromatic rings. The highest BCUT2D eigenvalue weighted by Crippen LogP contribution is 2.34. The van der Waals surface area contributed by atoms with Crippen LogP contribution in [-0.2, 0) is 14.8 Å². The number of thiophene rings is 1. The molecule has 0 spiro atoms. The van der Waals surface area contributed by atoms with Crippen LogP contribution in [0.15, 0.2) is 14.7 Å². The van der Waals surface area contributed by atoms with E-state index in [1.165, 1.54) is 17.4 Å². The van der Waals surface area contributed by atoms with Crippen LogP contribution in [0.5, 0.6) is 0 Å². The molecule has 0 unspecified atom stereocenters. The van der Waals surface area contributed by atoms with Crippen LogP contribution < -0.4 is 0 Å². The largest absolute Gasteiger partial charge is 0.480 e. The Morgan fingerprint density at radius 3 is 2.78 bits per heavy atom. The summed E-state index contributed by atoms with van der Waals surface area (Å²) < 4.78 is 26.7. The van der Waals surface area contributed by atoms with Gasteiger partial charge in [-0.15, -0.1) is 11.3 Å². The Bertz CT molecular complexity index is 581. The first-order valence-electron chi connectivity index (χ1n) is 5.34. The van der Waals surface area contributed by atoms with E-state index in [1.807, 2.05) is 0 Å². The summed E-state index contributed by atoms with van der Waals surface area (Å²) >= 11 is 4.58. The molecule has 8 heteroatoms. The first kappa shape index (κ1) is 14.0. The minimum Gasteiger partial charge on any atom is -0.480 e. The molecule has 0 aromatic carbocycles. The average Bonchev–Trinajstić information content (AvgIpc) is 2.84. The predicted octanol–water partition coefficient (Wildman–Crippen LogP) is 2.06. The predicted molar refractivity (Wildman–Crippen MR) is 71.3 cm³/mol. The van der Waals surface area contributed by atoms with Crippen molar-refractivity contribution in [2.75, 3.05) is 6.54 Å². The summed E-state index contributed by atoms with van der Waals surface area (Å²) in [6, 6.07) is 0.597. The SMILES string of the molecule is Cc1sc(Br)cc1S(=O)(=O)N1CCC[C@H]1C(=O)O. The number of rotatable bonds is 3. The second-order valence-electron chi connectivity index (χ2n) is 4.08. The number of hydrogen-bond acceptors (Lipinski definition) is 4. The minimum atomic E-state index is -3.71. The van der Waals surface area contributed by atoms with Crippen molar-refractivity contribution in [3.05, 3.63) is 14.7 Å². The molecule has 1 aliphatic rings. The number of carboxylic acids is 1. The van der Waals surface area contributed by atoms with E-state index in [2.05, 4.69) is 15.9 Å². The third-order valence-electron chi connectivity index (χ3n) is 2.92. The molecular weight excluding hydrogens is 342 g/mol. The summed E-state index contributed by atoms with van der Waals surface area (Å²) in [6.45, 7) is 1.99. The van der Waals surface area contributed by atoms with Crippen molar-refractivity contribution >= 4 is 43.3 Å². The van der Waals surface area contributed by atoms with Crippen LogP contribution in [0.4, 0.5) is 0 Å². The Morgan fingerprint density at radius 1 is 1.61 bits per heavy atom. The van der Waals surface area contributed by atoms with Gasteiger partial charge in [0.15, 0.2) is 0 Å². The van der Waals surface area contributed by atoms with E-state index >= 15 is 0 Å². The molecule has 2 rings (SSSR count). The molecule has 1 N–H and O–H groups in total. The molecule has 1 aromatic heterocycles. The molecule has 1 saturated heterocycles. The molecular formula is C10H12BrNO4S2. The van der Waals surface area contributed by atoms with Crippen molar-refractivity contribution in [2.24, 2.45) is 0 Å². The van der Waals surface area contributed by atoms with E-state index < -0.39 is 22.0 Å². The fraction of sp³-hybridized carbons (Fsp3) is 0.500. The summed E-state index contributed by atoms with van der Waals surface area (Å²) in [4.78, 5) is 11.9. The zero-order chi connectivity index (χ0) is 13.5. The van der Waals surface area contributed by atoms with Crippen LogP contribution in [0.2, 0.25) is 0 Å². The van der Waals surface area contributed by atoms with Gasteiger partial charge < -0.3 is 5.11 Å². The Hall–Kier alpha value is -0.440. The molecule has 0 saturated carbocycles. The van der Waals surface area contributed by atoms with Crippen molar-refractivity contribution in [3.63, 3.8) is 0 Å². The molecule has 0 amide bonds. The fourth-order valence-electron chi connectivity index (χ4n) is 2.09.